The number of hydrogen-bond acceptors (Lipinski definition) is 6. The van der Waals surface area contributed by atoms with Crippen molar-refractivity contribution in [1.29, 1.82) is 0 Å². The minimum atomic E-state index is -5.08. The highest BCUT2D eigenvalue weighted by Gasteiger charge is 2.55. The highest BCUT2D eigenvalue weighted by atomic mass is 127. The molecule has 46 heavy (non-hydrogen) atoms. The predicted molar refractivity (Wildman–Crippen MR) is 159 cm³/mol. The van der Waals surface area contributed by atoms with Crippen LogP contribution in [0, 0.1) is 20.6 Å². The third-order valence-corrected chi connectivity index (χ3v) is 7.85. The molecule has 0 aliphatic rings. The van der Waals surface area contributed by atoms with Gasteiger partial charge in [0.15, 0.2) is 0 Å². The van der Waals surface area contributed by atoms with Gasteiger partial charge in [-0.2, -0.15) is 27.1 Å². The van der Waals surface area contributed by atoms with Gasteiger partial charge in [-0.1, -0.05) is 12.1 Å². The molecule has 1 heterocycles. The number of carbonyl (C=O) groups excluding carboxylic acids is 1. The fraction of sp³-hybridized carbons (Fsp3) is 0.393. The van der Waals surface area contributed by atoms with Crippen LogP contribution in [0.3, 0.4) is 0 Å². The molecule has 18 heteroatoms. The molecule has 6 N–H and O–H groups in total. The number of rotatable bonds is 13. The summed E-state index contributed by atoms with van der Waals surface area (Å²) >= 11 is 2.08. The van der Waals surface area contributed by atoms with E-state index in [9.17, 15) is 36.6 Å². The Hall–Kier alpha value is -3.49. The van der Waals surface area contributed by atoms with Crippen molar-refractivity contribution in [2.45, 2.75) is 57.7 Å². The summed E-state index contributed by atoms with van der Waals surface area (Å²) in [5.41, 5.74) is 4.80. The minimum absolute atomic E-state index is 0.104. The molecule has 2 aromatic carbocycles. The molecular weight excluding hydrogens is 744 g/mol. The lowest BCUT2D eigenvalue weighted by Gasteiger charge is -2.36. The van der Waals surface area contributed by atoms with Gasteiger partial charge in [-0.25, -0.2) is 23.3 Å². The Bertz CT molecular complexity index is 1500. The Kier molecular flexibility index (Phi) is 12.0. The number of halogens is 8. The van der Waals surface area contributed by atoms with E-state index in [0.717, 1.165) is 28.0 Å². The van der Waals surface area contributed by atoms with E-state index in [0.29, 0.717) is 24.4 Å². The van der Waals surface area contributed by atoms with Crippen LogP contribution in [0.15, 0.2) is 48.7 Å². The van der Waals surface area contributed by atoms with Crippen LogP contribution >= 0.6 is 22.6 Å². The highest BCUT2D eigenvalue weighted by molar-refractivity contribution is 14.1. The molecule has 0 aliphatic carbocycles. The molecule has 0 radical (unpaired) electrons. The van der Waals surface area contributed by atoms with Crippen LogP contribution in [-0.2, 0) is 17.8 Å². The van der Waals surface area contributed by atoms with Crippen molar-refractivity contribution in [2.75, 3.05) is 6.54 Å². The number of nitrogens with two attached hydrogens (primary N) is 1. The number of carboxylic acid groups (broad SMARTS) is 1. The molecule has 2 amide bonds. The van der Waals surface area contributed by atoms with Crippen LogP contribution < -0.4 is 16.5 Å². The van der Waals surface area contributed by atoms with Gasteiger partial charge in [0, 0.05) is 40.0 Å². The summed E-state index contributed by atoms with van der Waals surface area (Å²) in [5, 5.41) is 25.8. The molecule has 0 saturated heterocycles. The van der Waals surface area contributed by atoms with Crippen LogP contribution in [0.5, 0.6) is 0 Å². The number of hydrogen-bond donors (Lipinski definition) is 5. The van der Waals surface area contributed by atoms with Crippen molar-refractivity contribution in [1.82, 2.24) is 25.5 Å². The van der Waals surface area contributed by atoms with Gasteiger partial charge >= 0.3 is 18.8 Å². The van der Waals surface area contributed by atoms with Gasteiger partial charge in [0.1, 0.15) is 17.7 Å². The van der Waals surface area contributed by atoms with Gasteiger partial charge in [0.05, 0.1) is 17.2 Å². The summed E-state index contributed by atoms with van der Waals surface area (Å²) in [4.78, 5) is 24.5. The van der Waals surface area contributed by atoms with Gasteiger partial charge < -0.3 is 21.3 Å². The maximum absolute atomic E-state index is 15.3. The molecular formula is C28H30F7IN6O4. The first-order chi connectivity index (χ1) is 21.3. The van der Waals surface area contributed by atoms with Crippen LogP contribution in [0.25, 0.3) is 11.3 Å². The summed E-state index contributed by atoms with van der Waals surface area (Å²) in [6, 6.07) is 6.23. The Morgan fingerprint density at radius 2 is 1.67 bits per heavy atom. The molecule has 3 rings (SSSR count). The second kappa shape index (κ2) is 14.9. The zero-order valence-corrected chi connectivity index (χ0v) is 26.4. The summed E-state index contributed by atoms with van der Waals surface area (Å²) in [7, 11) is 0. The first kappa shape index (κ1) is 37.0. The topological polar surface area (TPSA) is 146 Å². The van der Waals surface area contributed by atoms with Crippen molar-refractivity contribution < 1.29 is 50.5 Å². The van der Waals surface area contributed by atoms with Crippen LogP contribution in [0.4, 0.5) is 35.5 Å². The molecule has 0 aliphatic heterocycles. The van der Waals surface area contributed by atoms with E-state index in [1.807, 2.05) is 5.43 Å². The van der Waals surface area contributed by atoms with E-state index < -0.39 is 78.6 Å². The number of carbonyl (C=O) groups is 2. The van der Waals surface area contributed by atoms with Crippen molar-refractivity contribution in [2.24, 2.45) is 11.1 Å². The van der Waals surface area contributed by atoms with Gasteiger partial charge in [-0.05, 0) is 78.8 Å². The van der Waals surface area contributed by atoms with Crippen LogP contribution in [-0.4, -0.2) is 67.9 Å². The smallest absolute Gasteiger partial charge is 0.405 e. The molecule has 252 valence electrons. The number of nitrogens with one attached hydrogen (secondary N) is 2. The van der Waals surface area contributed by atoms with Crippen molar-refractivity contribution in [3.63, 3.8) is 0 Å². The molecule has 0 saturated carbocycles. The standard InChI is InChI=1S/C28H30F7IN6O4/c1-27(2,28(33,34)35)23(38-26(45)46)24(44)40-41(13-22(43)20(37)9-14-3-5-16(36)6-4-14)12-17-18(29)10-15(11-19(17)30)21-7-8-42(39-21)25(31)32/h3-8,10-11,20,22-23,25,38,43H,9,12-13,37H2,1-2H3,(H,40,44)(H,45,46)/t20-,22-,23?/m0/s1. The van der Waals surface area contributed by atoms with Gasteiger partial charge in [0.25, 0.3) is 5.91 Å². The molecule has 0 bridgehead atoms. The summed E-state index contributed by atoms with van der Waals surface area (Å²) in [6.07, 6.45) is -7.56. The van der Waals surface area contributed by atoms with E-state index in [1.54, 1.807) is 24.3 Å². The summed E-state index contributed by atoms with van der Waals surface area (Å²) in [6.45, 7) is -3.39. The molecule has 0 fully saturated rings. The van der Waals surface area contributed by atoms with Gasteiger partial charge in [-0.3, -0.25) is 10.2 Å². The number of nitrogens with zero attached hydrogens (tertiary/aromatic N) is 3. The Labute approximate surface area is 271 Å². The molecule has 10 nitrogen and oxygen atoms in total. The second-order valence-electron chi connectivity index (χ2n) is 10.9. The molecule has 1 aromatic heterocycles. The Morgan fingerprint density at radius 3 is 2.17 bits per heavy atom. The van der Waals surface area contributed by atoms with E-state index in [-0.39, 0.29) is 22.4 Å². The predicted octanol–water partition coefficient (Wildman–Crippen LogP) is 4.82. The van der Waals surface area contributed by atoms with Gasteiger partial charge in [0.2, 0.25) is 0 Å². The third-order valence-electron chi connectivity index (χ3n) is 7.13. The van der Waals surface area contributed by atoms with Crippen LogP contribution in [0.1, 0.15) is 31.5 Å². The summed E-state index contributed by atoms with van der Waals surface area (Å²) in [5.74, 6) is -4.03. The van der Waals surface area contributed by atoms with E-state index in [1.165, 1.54) is 5.32 Å². The first-order valence-electron chi connectivity index (χ1n) is 13.4. The number of alkyl halides is 5. The van der Waals surface area contributed by atoms with Crippen molar-refractivity contribution in [3.05, 3.63) is 75.0 Å². The zero-order chi connectivity index (χ0) is 34.6. The number of aliphatic hydroxyl groups is 1. The Morgan fingerprint density at radius 1 is 1.09 bits per heavy atom. The quantitative estimate of drug-likeness (QED) is 0.0953. The summed E-state index contributed by atoms with van der Waals surface area (Å²) < 4.78 is 99.0. The molecule has 3 atom stereocenters. The molecule has 1 unspecified atom stereocenters. The largest absolute Gasteiger partial charge is 0.465 e. The Balaban J connectivity index is 1.94. The third kappa shape index (κ3) is 9.29. The lowest BCUT2D eigenvalue weighted by molar-refractivity contribution is -0.221. The lowest BCUT2D eigenvalue weighted by atomic mass is 9.83. The lowest BCUT2D eigenvalue weighted by Crippen LogP contribution is -2.62. The number of benzene rings is 2. The van der Waals surface area contributed by atoms with Gasteiger partial charge in [-0.15, -0.1) is 0 Å². The fourth-order valence-electron chi connectivity index (χ4n) is 4.31. The minimum Gasteiger partial charge on any atom is -0.465 e. The average molecular weight is 774 g/mol. The second-order valence-corrected chi connectivity index (χ2v) is 12.1. The number of aliphatic hydroxyl groups excluding tert-OH is 1. The van der Waals surface area contributed by atoms with Crippen LogP contribution in [0.2, 0.25) is 0 Å². The molecule has 3 aromatic rings. The number of amides is 2. The zero-order valence-electron chi connectivity index (χ0n) is 24.2. The number of aromatic nitrogens is 2. The van der Waals surface area contributed by atoms with E-state index in [2.05, 4.69) is 27.7 Å². The average Bonchev–Trinajstić information content (AvgIpc) is 3.45. The van der Waals surface area contributed by atoms with E-state index in [4.69, 9.17) is 10.8 Å². The van der Waals surface area contributed by atoms with E-state index >= 15 is 8.78 Å². The first-order valence-corrected chi connectivity index (χ1v) is 14.5. The van der Waals surface area contributed by atoms with Crippen molar-refractivity contribution >= 4 is 34.6 Å². The highest BCUT2D eigenvalue weighted by Crippen LogP contribution is 2.40. The van der Waals surface area contributed by atoms with Crippen molar-refractivity contribution in [3.8, 4) is 11.3 Å². The normalized spacial score (nSPS) is 14.3. The monoisotopic (exact) mass is 774 g/mol. The molecule has 0 spiro atoms. The number of hydrazine groups is 1. The maximum atomic E-state index is 15.3. The maximum Gasteiger partial charge on any atom is 0.405 e. The fourth-order valence-corrected chi connectivity index (χ4v) is 4.67. The SMILES string of the molecule is CC(C)(C(NC(=O)O)C(=O)NN(Cc1c(F)cc(-c2ccn(C(F)F)n2)cc1F)C[C@H](O)[C@@H](N)Cc1ccc(I)cc1)C(F)(F)F.